The van der Waals surface area contributed by atoms with Crippen molar-refractivity contribution in [2.75, 3.05) is 14.2 Å². The number of esters is 1. The van der Waals surface area contributed by atoms with E-state index in [0.29, 0.717) is 28.7 Å². The standard InChI is InChI=1S/C27H23FN2O5/c1-17-24(27(31)33-3)25(21(15-29)26(35-17)30-12-4-5-13-30)19-8-11-22(23(14-19)32-2)34-16-18-6-9-20(28)10-7-18/h4-14,25H,16H2,1-3H3/t25-/m1/s1. The molecule has 2 heterocycles. The van der Waals surface area contributed by atoms with Crippen molar-refractivity contribution in [3.8, 4) is 17.6 Å². The Morgan fingerprint density at radius 1 is 1.11 bits per heavy atom. The molecule has 4 rings (SSSR count). The predicted molar refractivity (Wildman–Crippen MR) is 126 cm³/mol. The topological polar surface area (TPSA) is 82.7 Å². The van der Waals surface area contributed by atoms with E-state index in [1.54, 1.807) is 54.2 Å². The Hall–Kier alpha value is -4.51. The maximum Gasteiger partial charge on any atom is 0.338 e. The number of nitrogens with zero attached hydrogens (tertiary/aromatic N) is 2. The molecule has 0 radical (unpaired) electrons. The van der Waals surface area contributed by atoms with E-state index in [-0.39, 0.29) is 23.6 Å². The maximum atomic E-state index is 13.2. The Morgan fingerprint density at radius 2 is 1.83 bits per heavy atom. The molecule has 178 valence electrons. The Labute approximate surface area is 202 Å². The van der Waals surface area contributed by atoms with Gasteiger partial charge in [0.05, 0.1) is 25.7 Å². The molecule has 0 spiro atoms. The molecule has 0 fully saturated rings. The third-order valence-corrected chi connectivity index (χ3v) is 5.63. The molecule has 3 aromatic rings. The zero-order chi connectivity index (χ0) is 24.9. The second-order valence-electron chi connectivity index (χ2n) is 7.74. The molecular weight excluding hydrogens is 451 g/mol. The highest BCUT2D eigenvalue weighted by Crippen LogP contribution is 2.44. The van der Waals surface area contributed by atoms with Crippen LogP contribution in [0.1, 0.15) is 24.0 Å². The van der Waals surface area contributed by atoms with Crippen LogP contribution in [-0.2, 0) is 20.9 Å². The lowest BCUT2D eigenvalue weighted by atomic mass is 9.83. The van der Waals surface area contributed by atoms with Crippen molar-refractivity contribution < 1.29 is 28.1 Å². The van der Waals surface area contributed by atoms with Gasteiger partial charge in [-0.1, -0.05) is 18.2 Å². The van der Waals surface area contributed by atoms with Gasteiger partial charge >= 0.3 is 5.97 Å². The fourth-order valence-corrected chi connectivity index (χ4v) is 3.93. The van der Waals surface area contributed by atoms with Crippen LogP contribution in [0.3, 0.4) is 0 Å². The largest absolute Gasteiger partial charge is 0.493 e. The number of halogens is 1. The van der Waals surface area contributed by atoms with Crippen LogP contribution in [0.25, 0.3) is 5.88 Å². The Balaban J connectivity index is 1.75. The lowest BCUT2D eigenvalue weighted by molar-refractivity contribution is -0.136. The van der Waals surface area contributed by atoms with Crippen molar-refractivity contribution in [1.29, 1.82) is 5.26 Å². The lowest BCUT2D eigenvalue weighted by Crippen LogP contribution is -2.23. The van der Waals surface area contributed by atoms with Crippen molar-refractivity contribution in [3.63, 3.8) is 0 Å². The van der Waals surface area contributed by atoms with Crippen LogP contribution in [0.2, 0.25) is 0 Å². The van der Waals surface area contributed by atoms with Crippen LogP contribution in [0.4, 0.5) is 4.39 Å². The minimum atomic E-state index is -0.751. The average molecular weight is 474 g/mol. The lowest BCUT2D eigenvalue weighted by Gasteiger charge is -2.28. The van der Waals surface area contributed by atoms with Gasteiger partial charge in [0.25, 0.3) is 0 Å². The van der Waals surface area contributed by atoms with Crippen molar-refractivity contribution in [1.82, 2.24) is 4.57 Å². The molecule has 7 nitrogen and oxygen atoms in total. The third kappa shape index (κ3) is 4.75. The number of carbonyl (C=O) groups is 1. The van der Waals surface area contributed by atoms with Gasteiger partial charge < -0.3 is 18.9 Å². The molecule has 1 aliphatic heterocycles. The van der Waals surface area contributed by atoms with Gasteiger partial charge in [-0.15, -0.1) is 0 Å². The summed E-state index contributed by atoms with van der Waals surface area (Å²) >= 11 is 0. The van der Waals surface area contributed by atoms with E-state index in [4.69, 9.17) is 18.9 Å². The fraction of sp³-hybridized carbons (Fsp3) is 0.185. The quantitative estimate of drug-likeness (QED) is 0.440. The van der Waals surface area contributed by atoms with E-state index in [2.05, 4.69) is 6.07 Å². The molecule has 0 saturated carbocycles. The number of hydrogen-bond donors (Lipinski definition) is 0. The molecule has 0 unspecified atom stereocenters. The summed E-state index contributed by atoms with van der Waals surface area (Å²) in [7, 11) is 2.78. The Bertz CT molecular complexity index is 1330. The fourth-order valence-electron chi connectivity index (χ4n) is 3.93. The summed E-state index contributed by atoms with van der Waals surface area (Å²) in [6.45, 7) is 1.87. The average Bonchev–Trinajstić information content (AvgIpc) is 3.42. The van der Waals surface area contributed by atoms with E-state index in [1.165, 1.54) is 26.4 Å². The monoisotopic (exact) mass is 474 g/mol. The van der Waals surface area contributed by atoms with Gasteiger partial charge in [-0.2, -0.15) is 5.26 Å². The van der Waals surface area contributed by atoms with Crippen LogP contribution in [-0.4, -0.2) is 24.8 Å². The van der Waals surface area contributed by atoms with Crippen molar-refractivity contribution in [2.45, 2.75) is 19.4 Å². The van der Waals surface area contributed by atoms with Gasteiger partial charge in [-0.25, -0.2) is 9.18 Å². The Kier molecular flexibility index (Phi) is 6.88. The molecule has 1 atom stereocenters. The van der Waals surface area contributed by atoms with Gasteiger partial charge in [0, 0.05) is 12.4 Å². The van der Waals surface area contributed by atoms with Crippen LogP contribution in [0.5, 0.6) is 11.5 Å². The summed E-state index contributed by atoms with van der Waals surface area (Å²) in [5, 5.41) is 10.1. The van der Waals surface area contributed by atoms with Gasteiger partial charge in [0.15, 0.2) is 11.5 Å². The molecule has 0 saturated heterocycles. The predicted octanol–water partition coefficient (Wildman–Crippen LogP) is 5.17. The smallest absolute Gasteiger partial charge is 0.338 e. The van der Waals surface area contributed by atoms with Crippen molar-refractivity contribution in [2.24, 2.45) is 0 Å². The SMILES string of the molecule is COC(=O)C1=C(C)OC(n2cccc2)=C(C#N)[C@H]1c1ccc(OCc2ccc(F)cc2)c(OC)c1. The molecule has 2 aromatic carbocycles. The summed E-state index contributed by atoms with van der Waals surface area (Å²) in [6, 6.07) is 17.0. The highest BCUT2D eigenvalue weighted by atomic mass is 19.1. The first-order valence-corrected chi connectivity index (χ1v) is 10.8. The summed E-state index contributed by atoms with van der Waals surface area (Å²) in [5.74, 6) is -0.152. The number of ether oxygens (including phenoxy) is 4. The van der Waals surface area contributed by atoms with E-state index in [0.717, 1.165) is 5.56 Å². The number of aromatic nitrogens is 1. The number of methoxy groups -OCH3 is 2. The molecule has 0 aliphatic carbocycles. The summed E-state index contributed by atoms with van der Waals surface area (Å²) in [4.78, 5) is 12.7. The minimum absolute atomic E-state index is 0.209. The van der Waals surface area contributed by atoms with Gasteiger partial charge in [-0.05, 0) is 54.4 Å². The maximum absolute atomic E-state index is 13.2. The molecule has 1 aromatic heterocycles. The highest BCUT2D eigenvalue weighted by molar-refractivity contribution is 5.93. The molecule has 0 bridgehead atoms. The van der Waals surface area contributed by atoms with Gasteiger partial charge in [0.1, 0.15) is 29.8 Å². The van der Waals surface area contributed by atoms with Crippen LogP contribution < -0.4 is 9.47 Å². The summed E-state index contributed by atoms with van der Waals surface area (Å²) in [5.41, 5.74) is 1.89. The zero-order valence-corrected chi connectivity index (χ0v) is 19.4. The van der Waals surface area contributed by atoms with Crippen molar-refractivity contribution >= 4 is 11.9 Å². The third-order valence-electron chi connectivity index (χ3n) is 5.63. The molecule has 0 N–H and O–H groups in total. The van der Waals surface area contributed by atoms with Gasteiger partial charge in [-0.3, -0.25) is 4.57 Å². The normalized spacial score (nSPS) is 15.3. The number of carbonyl (C=O) groups excluding carboxylic acids is 1. The van der Waals surface area contributed by atoms with E-state index in [1.807, 2.05) is 12.1 Å². The van der Waals surface area contributed by atoms with Crippen LogP contribution in [0.15, 0.2) is 83.9 Å². The van der Waals surface area contributed by atoms with E-state index >= 15 is 0 Å². The number of hydrogen-bond acceptors (Lipinski definition) is 6. The van der Waals surface area contributed by atoms with E-state index in [9.17, 15) is 14.4 Å². The Morgan fingerprint density at radius 3 is 2.46 bits per heavy atom. The second-order valence-corrected chi connectivity index (χ2v) is 7.74. The number of benzene rings is 2. The molecule has 0 amide bonds. The number of rotatable bonds is 7. The van der Waals surface area contributed by atoms with Crippen LogP contribution >= 0.6 is 0 Å². The van der Waals surface area contributed by atoms with Gasteiger partial charge in [0.2, 0.25) is 5.88 Å². The van der Waals surface area contributed by atoms with Crippen molar-refractivity contribution in [3.05, 3.63) is 101 Å². The minimum Gasteiger partial charge on any atom is -0.493 e. The molecule has 8 heteroatoms. The first-order chi connectivity index (χ1) is 17.0. The molecule has 35 heavy (non-hydrogen) atoms. The second kappa shape index (κ2) is 10.2. The molecule has 1 aliphatic rings. The zero-order valence-electron chi connectivity index (χ0n) is 19.4. The van der Waals surface area contributed by atoms with Crippen LogP contribution in [0, 0.1) is 17.1 Å². The first kappa shape index (κ1) is 23.6. The highest BCUT2D eigenvalue weighted by Gasteiger charge is 2.37. The first-order valence-electron chi connectivity index (χ1n) is 10.8. The number of allylic oxidation sites excluding steroid dienone is 2. The summed E-state index contributed by atoms with van der Waals surface area (Å²) < 4.78 is 37.2. The molecular formula is C27H23FN2O5. The summed E-state index contributed by atoms with van der Waals surface area (Å²) in [6.07, 6.45) is 3.51. The van der Waals surface area contributed by atoms with E-state index < -0.39 is 11.9 Å². The number of nitriles is 1.